The molecule has 0 saturated heterocycles. The van der Waals surface area contributed by atoms with E-state index < -0.39 is 0 Å². The summed E-state index contributed by atoms with van der Waals surface area (Å²) in [6.07, 6.45) is 0.766. The fourth-order valence-electron chi connectivity index (χ4n) is 1.48. The first kappa shape index (κ1) is 12.5. The SMILES string of the molecule is COc1cc(C(C)CCN)c(F)cc1Br. The number of benzene rings is 1. The molecule has 0 aliphatic heterocycles. The van der Waals surface area contributed by atoms with Gasteiger partial charge in [0.2, 0.25) is 0 Å². The maximum absolute atomic E-state index is 13.6. The average molecular weight is 276 g/mol. The van der Waals surface area contributed by atoms with Crippen LogP contribution in [0.15, 0.2) is 16.6 Å². The van der Waals surface area contributed by atoms with Gasteiger partial charge in [-0.2, -0.15) is 0 Å². The topological polar surface area (TPSA) is 35.2 Å². The van der Waals surface area contributed by atoms with Crippen LogP contribution in [0.4, 0.5) is 4.39 Å². The van der Waals surface area contributed by atoms with Gasteiger partial charge in [0.25, 0.3) is 0 Å². The highest BCUT2D eigenvalue weighted by Crippen LogP contribution is 2.32. The lowest BCUT2D eigenvalue weighted by Gasteiger charge is -2.14. The molecule has 84 valence electrons. The number of ether oxygens (including phenoxy) is 1. The van der Waals surface area contributed by atoms with Crippen LogP contribution < -0.4 is 10.5 Å². The molecular weight excluding hydrogens is 261 g/mol. The van der Waals surface area contributed by atoms with Crippen molar-refractivity contribution < 1.29 is 9.13 Å². The van der Waals surface area contributed by atoms with Gasteiger partial charge in [-0.05, 0) is 52.5 Å². The lowest BCUT2D eigenvalue weighted by atomic mass is 9.97. The molecule has 0 spiro atoms. The maximum atomic E-state index is 13.6. The zero-order valence-corrected chi connectivity index (χ0v) is 10.5. The van der Waals surface area contributed by atoms with Crippen LogP contribution in [0.5, 0.6) is 5.75 Å². The number of rotatable bonds is 4. The van der Waals surface area contributed by atoms with E-state index in [1.807, 2.05) is 6.92 Å². The standard InChI is InChI=1S/C11H15BrFNO/c1-7(3-4-14)8-5-11(15-2)9(12)6-10(8)13/h5-7H,3-4,14H2,1-2H3. The highest BCUT2D eigenvalue weighted by Gasteiger charge is 2.13. The van der Waals surface area contributed by atoms with Crippen molar-refractivity contribution in [1.82, 2.24) is 0 Å². The molecule has 0 amide bonds. The molecule has 1 rings (SSSR count). The third kappa shape index (κ3) is 2.92. The molecular formula is C11H15BrFNO. The van der Waals surface area contributed by atoms with Gasteiger partial charge in [0.05, 0.1) is 11.6 Å². The second-order valence-electron chi connectivity index (χ2n) is 3.49. The number of hydrogen-bond donors (Lipinski definition) is 1. The van der Waals surface area contributed by atoms with E-state index in [0.29, 0.717) is 22.3 Å². The van der Waals surface area contributed by atoms with Gasteiger partial charge >= 0.3 is 0 Å². The van der Waals surface area contributed by atoms with E-state index in [4.69, 9.17) is 10.5 Å². The molecule has 1 aromatic rings. The summed E-state index contributed by atoms with van der Waals surface area (Å²) >= 11 is 3.24. The average Bonchev–Trinajstić information content (AvgIpc) is 2.18. The molecule has 0 fully saturated rings. The summed E-state index contributed by atoms with van der Waals surface area (Å²) < 4.78 is 19.4. The summed E-state index contributed by atoms with van der Waals surface area (Å²) in [7, 11) is 1.56. The highest BCUT2D eigenvalue weighted by molar-refractivity contribution is 9.10. The van der Waals surface area contributed by atoms with Crippen molar-refractivity contribution in [2.45, 2.75) is 19.3 Å². The Hall–Kier alpha value is -0.610. The van der Waals surface area contributed by atoms with Crippen molar-refractivity contribution in [3.05, 3.63) is 28.0 Å². The Morgan fingerprint density at radius 1 is 1.53 bits per heavy atom. The molecule has 2 nitrogen and oxygen atoms in total. The normalized spacial score (nSPS) is 12.6. The lowest BCUT2D eigenvalue weighted by Crippen LogP contribution is -2.06. The largest absolute Gasteiger partial charge is 0.496 e. The summed E-state index contributed by atoms with van der Waals surface area (Å²) in [4.78, 5) is 0. The number of hydrogen-bond acceptors (Lipinski definition) is 2. The molecule has 0 radical (unpaired) electrons. The molecule has 0 aliphatic carbocycles. The highest BCUT2D eigenvalue weighted by atomic mass is 79.9. The summed E-state index contributed by atoms with van der Waals surface area (Å²) in [5, 5.41) is 0. The first-order valence-electron chi connectivity index (χ1n) is 4.83. The zero-order valence-electron chi connectivity index (χ0n) is 8.89. The van der Waals surface area contributed by atoms with Crippen molar-refractivity contribution in [1.29, 1.82) is 0 Å². The van der Waals surface area contributed by atoms with Gasteiger partial charge in [-0.3, -0.25) is 0 Å². The van der Waals surface area contributed by atoms with Crippen LogP contribution in [0.25, 0.3) is 0 Å². The van der Waals surface area contributed by atoms with Gasteiger partial charge in [0, 0.05) is 0 Å². The minimum absolute atomic E-state index is 0.108. The van der Waals surface area contributed by atoms with Crippen molar-refractivity contribution in [2.24, 2.45) is 5.73 Å². The second-order valence-corrected chi connectivity index (χ2v) is 4.34. The van der Waals surface area contributed by atoms with Crippen LogP contribution in [0.1, 0.15) is 24.8 Å². The minimum Gasteiger partial charge on any atom is -0.496 e. The van der Waals surface area contributed by atoms with E-state index in [0.717, 1.165) is 6.42 Å². The summed E-state index contributed by atoms with van der Waals surface area (Å²) in [5.74, 6) is 0.538. The van der Waals surface area contributed by atoms with Crippen molar-refractivity contribution in [3.8, 4) is 5.75 Å². The first-order chi connectivity index (χ1) is 7.10. The molecule has 2 N–H and O–H groups in total. The van der Waals surface area contributed by atoms with E-state index in [2.05, 4.69) is 15.9 Å². The Morgan fingerprint density at radius 3 is 2.73 bits per heavy atom. The van der Waals surface area contributed by atoms with Crippen molar-refractivity contribution in [3.63, 3.8) is 0 Å². The van der Waals surface area contributed by atoms with Gasteiger partial charge in [-0.15, -0.1) is 0 Å². The van der Waals surface area contributed by atoms with E-state index in [9.17, 15) is 4.39 Å². The zero-order chi connectivity index (χ0) is 11.4. The lowest BCUT2D eigenvalue weighted by molar-refractivity contribution is 0.409. The number of methoxy groups -OCH3 is 1. The molecule has 0 aromatic heterocycles. The number of halogens is 2. The summed E-state index contributed by atoms with van der Waals surface area (Å²) in [5.41, 5.74) is 6.11. The first-order valence-corrected chi connectivity index (χ1v) is 5.62. The van der Waals surface area contributed by atoms with Gasteiger partial charge < -0.3 is 10.5 Å². The van der Waals surface area contributed by atoms with Gasteiger partial charge in [-0.1, -0.05) is 6.92 Å². The molecule has 0 saturated carbocycles. The molecule has 15 heavy (non-hydrogen) atoms. The minimum atomic E-state index is -0.219. The molecule has 0 aliphatic rings. The fraction of sp³-hybridized carbons (Fsp3) is 0.455. The van der Waals surface area contributed by atoms with E-state index in [-0.39, 0.29) is 11.7 Å². The van der Waals surface area contributed by atoms with Crippen LogP contribution in [0.3, 0.4) is 0 Å². The summed E-state index contributed by atoms with van der Waals surface area (Å²) in [6.45, 7) is 2.51. The Labute approximate surface area is 97.7 Å². The summed E-state index contributed by atoms with van der Waals surface area (Å²) in [6, 6.07) is 3.15. The molecule has 4 heteroatoms. The predicted octanol–water partition coefficient (Wildman–Crippen LogP) is 3.05. The second kappa shape index (κ2) is 5.47. The van der Waals surface area contributed by atoms with Crippen LogP contribution in [-0.2, 0) is 0 Å². The molecule has 1 aromatic carbocycles. The third-order valence-electron chi connectivity index (χ3n) is 2.40. The van der Waals surface area contributed by atoms with Gasteiger partial charge in [0.15, 0.2) is 0 Å². The Bertz CT molecular complexity index is 344. The van der Waals surface area contributed by atoms with Gasteiger partial charge in [0.1, 0.15) is 11.6 Å². The Morgan fingerprint density at radius 2 is 2.20 bits per heavy atom. The Kier molecular flexibility index (Phi) is 4.54. The smallest absolute Gasteiger partial charge is 0.133 e. The monoisotopic (exact) mass is 275 g/mol. The number of nitrogens with two attached hydrogens (primary N) is 1. The van der Waals surface area contributed by atoms with E-state index in [1.54, 1.807) is 13.2 Å². The van der Waals surface area contributed by atoms with Crippen molar-refractivity contribution >= 4 is 15.9 Å². The van der Waals surface area contributed by atoms with Gasteiger partial charge in [-0.25, -0.2) is 4.39 Å². The molecule has 1 atom stereocenters. The molecule has 0 heterocycles. The Balaban J connectivity index is 3.06. The fourth-order valence-corrected chi connectivity index (χ4v) is 1.96. The predicted molar refractivity (Wildman–Crippen MR) is 62.7 cm³/mol. The molecule has 0 bridgehead atoms. The quantitative estimate of drug-likeness (QED) is 0.917. The van der Waals surface area contributed by atoms with Crippen LogP contribution >= 0.6 is 15.9 Å². The maximum Gasteiger partial charge on any atom is 0.133 e. The van der Waals surface area contributed by atoms with Crippen LogP contribution in [0, 0.1) is 5.82 Å². The van der Waals surface area contributed by atoms with E-state index >= 15 is 0 Å². The van der Waals surface area contributed by atoms with Crippen molar-refractivity contribution in [2.75, 3.05) is 13.7 Å². The van der Waals surface area contributed by atoms with E-state index in [1.165, 1.54) is 6.07 Å². The molecule has 1 unspecified atom stereocenters. The third-order valence-corrected chi connectivity index (χ3v) is 3.02. The van der Waals surface area contributed by atoms with Crippen LogP contribution in [0.2, 0.25) is 0 Å². The van der Waals surface area contributed by atoms with Crippen LogP contribution in [-0.4, -0.2) is 13.7 Å².